The summed E-state index contributed by atoms with van der Waals surface area (Å²) in [6.07, 6.45) is 5.54. The minimum absolute atomic E-state index is 0.897. The zero-order valence-corrected chi connectivity index (χ0v) is 10.6. The van der Waals surface area contributed by atoms with E-state index in [1.165, 1.54) is 25.7 Å². The molecule has 1 aliphatic rings. The molecule has 0 aromatic rings. The lowest BCUT2D eigenvalue weighted by molar-refractivity contribution is 0.223. The Balaban J connectivity index is 2.53. The van der Waals surface area contributed by atoms with Crippen molar-refractivity contribution in [3.8, 4) is 0 Å². The van der Waals surface area contributed by atoms with Gasteiger partial charge < -0.3 is 0 Å². The highest BCUT2D eigenvalue weighted by atomic mass is 14.4. The van der Waals surface area contributed by atoms with Gasteiger partial charge in [-0.2, -0.15) is 0 Å². The Kier molecular flexibility index (Phi) is 4.22. The Bertz CT molecular complexity index is 208. The summed E-state index contributed by atoms with van der Waals surface area (Å²) in [4.78, 5) is 0. The summed E-state index contributed by atoms with van der Waals surface area (Å²) >= 11 is 0. The number of allylic oxidation sites excluding steroid dienone is 2. The van der Waals surface area contributed by atoms with Crippen molar-refractivity contribution in [2.24, 2.45) is 17.8 Å². The second kappa shape index (κ2) is 5.00. The van der Waals surface area contributed by atoms with Gasteiger partial charge in [-0.25, -0.2) is 0 Å². The second-order valence-corrected chi connectivity index (χ2v) is 5.30. The monoisotopic (exact) mass is 194 g/mol. The molecule has 1 aliphatic carbocycles. The van der Waals surface area contributed by atoms with E-state index in [1.54, 1.807) is 11.1 Å². The SMILES string of the molecule is CCCC(C)C(C)C1CCC1=C(C)C. The largest absolute Gasteiger partial charge is 0.0769 e. The fraction of sp³-hybridized carbons (Fsp3) is 0.857. The molecule has 0 aromatic carbocycles. The summed E-state index contributed by atoms with van der Waals surface area (Å²) in [5.41, 5.74) is 3.34. The maximum absolute atomic E-state index is 2.45. The van der Waals surface area contributed by atoms with Gasteiger partial charge in [0.15, 0.2) is 0 Å². The van der Waals surface area contributed by atoms with Crippen LogP contribution >= 0.6 is 0 Å². The lowest BCUT2D eigenvalue weighted by Gasteiger charge is -2.39. The molecule has 0 aromatic heterocycles. The lowest BCUT2D eigenvalue weighted by atomic mass is 9.66. The Morgan fingerprint density at radius 2 is 2.00 bits per heavy atom. The van der Waals surface area contributed by atoms with Crippen LogP contribution in [0, 0.1) is 17.8 Å². The fourth-order valence-electron chi connectivity index (χ4n) is 2.77. The molecule has 0 N–H and O–H groups in total. The maximum atomic E-state index is 2.45. The van der Waals surface area contributed by atoms with E-state index in [-0.39, 0.29) is 0 Å². The van der Waals surface area contributed by atoms with Crippen LogP contribution in [0.5, 0.6) is 0 Å². The van der Waals surface area contributed by atoms with E-state index in [0.717, 1.165) is 17.8 Å². The summed E-state index contributed by atoms with van der Waals surface area (Å²) < 4.78 is 0. The Morgan fingerprint density at radius 3 is 2.36 bits per heavy atom. The molecule has 0 amide bonds. The molecular weight excluding hydrogens is 168 g/mol. The number of rotatable bonds is 4. The molecule has 3 unspecified atom stereocenters. The van der Waals surface area contributed by atoms with Crippen molar-refractivity contribution in [1.29, 1.82) is 0 Å². The Morgan fingerprint density at radius 1 is 1.36 bits per heavy atom. The van der Waals surface area contributed by atoms with Crippen molar-refractivity contribution in [3.63, 3.8) is 0 Å². The van der Waals surface area contributed by atoms with Crippen LogP contribution in [0.1, 0.15) is 60.3 Å². The van der Waals surface area contributed by atoms with Crippen LogP contribution in [0.4, 0.5) is 0 Å². The van der Waals surface area contributed by atoms with Crippen LogP contribution in [0.2, 0.25) is 0 Å². The zero-order chi connectivity index (χ0) is 10.7. The first-order valence-corrected chi connectivity index (χ1v) is 6.24. The highest BCUT2D eigenvalue weighted by Gasteiger charge is 2.32. The van der Waals surface area contributed by atoms with Crippen molar-refractivity contribution in [2.45, 2.75) is 60.3 Å². The predicted molar refractivity (Wildman–Crippen MR) is 64.3 cm³/mol. The van der Waals surface area contributed by atoms with Crippen molar-refractivity contribution in [3.05, 3.63) is 11.1 Å². The minimum atomic E-state index is 0.897. The molecule has 1 fully saturated rings. The summed E-state index contributed by atoms with van der Waals surface area (Å²) in [5, 5.41) is 0. The molecule has 0 bridgehead atoms. The third-order valence-corrected chi connectivity index (χ3v) is 4.09. The van der Waals surface area contributed by atoms with Gasteiger partial charge in [0.2, 0.25) is 0 Å². The normalized spacial score (nSPS) is 25.5. The topological polar surface area (TPSA) is 0 Å². The number of hydrogen-bond donors (Lipinski definition) is 0. The maximum Gasteiger partial charge on any atom is -0.0169 e. The fourth-order valence-corrected chi connectivity index (χ4v) is 2.77. The molecule has 0 radical (unpaired) electrons. The van der Waals surface area contributed by atoms with Gasteiger partial charge in [-0.1, -0.05) is 44.8 Å². The van der Waals surface area contributed by atoms with Crippen LogP contribution in [-0.4, -0.2) is 0 Å². The van der Waals surface area contributed by atoms with E-state index in [4.69, 9.17) is 0 Å². The average Bonchev–Trinajstić information content (AvgIpc) is 2.01. The average molecular weight is 194 g/mol. The highest BCUT2D eigenvalue weighted by Crippen LogP contribution is 2.44. The third kappa shape index (κ3) is 2.40. The van der Waals surface area contributed by atoms with Gasteiger partial charge in [-0.05, 0) is 44.4 Å². The van der Waals surface area contributed by atoms with Crippen LogP contribution in [0.25, 0.3) is 0 Å². The van der Waals surface area contributed by atoms with E-state index in [0.29, 0.717) is 0 Å². The van der Waals surface area contributed by atoms with E-state index >= 15 is 0 Å². The first kappa shape index (κ1) is 11.8. The predicted octanol–water partition coefficient (Wildman–Crippen LogP) is 4.81. The van der Waals surface area contributed by atoms with Gasteiger partial charge >= 0.3 is 0 Å². The van der Waals surface area contributed by atoms with Gasteiger partial charge in [-0.3, -0.25) is 0 Å². The molecule has 0 saturated heterocycles. The quantitative estimate of drug-likeness (QED) is 0.564. The van der Waals surface area contributed by atoms with E-state index < -0.39 is 0 Å². The highest BCUT2D eigenvalue weighted by molar-refractivity contribution is 5.21. The molecular formula is C14H26. The summed E-state index contributed by atoms with van der Waals surface area (Å²) in [5.74, 6) is 2.72. The van der Waals surface area contributed by atoms with Gasteiger partial charge in [0.25, 0.3) is 0 Å². The van der Waals surface area contributed by atoms with Gasteiger partial charge in [0.05, 0.1) is 0 Å². The Labute approximate surface area is 89.8 Å². The molecule has 0 aliphatic heterocycles. The number of hydrogen-bond acceptors (Lipinski definition) is 0. The lowest BCUT2D eigenvalue weighted by Crippen LogP contribution is -2.28. The van der Waals surface area contributed by atoms with Crippen molar-refractivity contribution < 1.29 is 0 Å². The molecule has 0 heteroatoms. The van der Waals surface area contributed by atoms with E-state index in [1.807, 2.05) is 0 Å². The van der Waals surface area contributed by atoms with Gasteiger partial charge in [0.1, 0.15) is 0 Å². The molecule has 14 heavy (non-hydrogen) atoms. The van der Waals surface area contributed by atoms with Crippen molar-refractivity contribution in [1.82, 2.24) is 0 Å². The van der Waals surface area contributed by atoms with Gasteiger partial charge in [-0.15, -0.1) is 0 Å². The second-order valence-electron chi connectivity index (χ2n) is 5.30. The van der Waals surface area contributed by atoms with E-state index in [9.17, 15) is 0 Å². The summed E-state index contributed by atoms with van der Waals surface area (Å²) in [6.45, 7) is 11.7. The minimum Gasteiger partial charge on any atom is -0.0769 e. The zero-order valence-electron chi connectivity index (χ0n) is 10.6. The summed E-state index contributed by atoms with van der Waals surface area (Å²) in [6, 6.07) is 0. The molecule has 0 heterocycles. The molecule has 82 valence electrons. The molecule has 0 nitrogen and oxygen atoms in total. The molecule has 1 saturated carbocycles. The van der Waals surface area contributed by atoms with Crippen LogP contribution in [0.3, 0.4) is 0 Å². The third-order valence-electron chi connectivity index (χ3n) is 4.09. The van der Waals surface area contributed by atoms with Gasteiger partial charge in [0, 0.05) is 0 Å². The van der Waals surface area contributed by atoms with E-state index in [2.05, 4.69) is 34.6 Å². The van der Waals surface area contributed by atoms with Crippen molar-refractivity contribution >= 4 is 0 Å². The Hall–Kier alpha value is -0.260. The molecule has 0 spiro atoms. The van der Waals surface area contributed by atoms with Crippen LogP contribution in [-0.2, 0) is 0 Å². The molecule has 1 rings (SSSR count). The first-order valence-electron chi connectivity index (χ1n) is 6.24. The first-order chi connectivity index (χ1) is 6.57. The standard InChI is InChI=1S/C14H26/c1-6-7-11(4)12(5)14-9-8-13(14)10(2)3/h11-12,14H,6-9H2,1-5H3. The van der Waals surface area contributed by atoms with Crippen LogP contribution in [0.15, 0.2) is 11.1 Å². The van der Waals surface area contributed by atoms with Crippen LogP contribution < -0.4 is 0 Å². The molecule has 3 atom stereocenters. The van der Waals surface area contributed by atoms with Crippen molar-refractivity contribution in [2.75, 3.05) is 0 Å². The smallest absolute Gasteiger partial charge is 0.0169 e. The summed E-state index contributed by atoms with van der Waals surface area (Å²) in [7, 11) is 0.